The molecule has 4 aromatic carbocycles. The van der Waals surface area contributed by atoms with Crippen molar-refractivity contribution < 1.29 is 9.59 Å². The maximum atomic E-state index is 12.3. The molecule has 5 rings (SSSR count). The number of aromatic nitrogens is 1. The number of nitrogens with one attached hydrogen (secondary N) is 1. The van der Waals surface area contributed by atoms with Crippen LogP contribution in [0.3, 0.4) is 0 Å². The molecule has 0 bridgehead atoms. The zero-order valence-corrected chi connectivity index (χ0v) is 19.2. The minimum absolute atomic E-state index is 0.135. The van der Waals surface area contributed by atoms with E-state index in [1.165, 1.54) is 6.92 Å². The van der Waals surface area contributed by atoms with E-state index in [2.05, 4.69) is 22.0 Å². The number of amides is 2. The first-order valence-electron chi connectivity index (χ1n) is 10.8. The number of carbonyl (C=O) groups is 2. The van der Waals surface area contributed by atoms with Gasteiger partial charge in [0.1, 0.15) is 0 Å². The van der Waals surface area contributed by atoms with Crippen molar-refractivity contribution in [3.8, 4) is 11.1 Å². The quantitative estimate of drug-likeness (QED) is 0.332. The molecule has 1 heterocycles. The number of hydrogen-bond acceptors (Lipinski definition) is 2. The summed E-state index contributed by atoms with van der Waals surface area (Å²) in [5.41, 5.74) is 11.6. The average Bonchev–Trinajstić information content (AvgIpc) is 3.13. The fraction of sp³-hybridized carbons (Fsp3) is 0.0714. The Labute approximate surface area is 201 Å². The molecule has 167 valence electrons. The van der Waals surface area contributed by atoms with E-state index in [1.54, 1.807) is 6.07 Å². The Morgan fingerprint density at radius 3 is 2.47 bits per heavy atom. The third-order valence-corrected chi connectivity index (χ3v) is 6.15. The van der Waals surface area contributed by atoms with Crippen LogP contribution in [0.25, 0.3) is 32.9 Å². The Hall–Kier alpha value is -4.09. The molecule has 1 aromatic heterocycles. The molecule has 1 radical (unpaired) electrons. The normalized spacial score (nSPS) is 11.1. The maximum Gasteiger partial charge on any atom is 0.249 e. The van der Waals surface area contributed by atoms with Gasteiger partial charge in [0.05, 0.1) is 17.6 Å². The molecule has 0 unspecified atom stereocenters. The summed E-state index contributed by atoms with van der Waals surface area (Å²) in [6.07, 6.45) is 0. The monoisotopic (exact) mass is 466 g/mol. The standard InChI is InChI=1S/C28H21ClN3O2/c1-17(33)31-24-7-3-2-5-20(24)16-32-25-8-4-6-23(28(30)34)27(25)22-14-11-19(15-26(22)32)18-9-12-21(29)13-10-18/h2-13,15H,16H2,1H3,(H2,30,34)(H,31,33). The number of nitrogens with zero attached hydrogens (tertiary/aromatic N) is 1. The maximum absolute atomic E-state index is 12.3. The molecule has 3 N–H and O–H groups in total. The molecule has 0 fully saturated rings. The van der Waals surface area contributed by atoms with E-state index >= 15 is 0 Å². The fourth-order valence-corrected chi connectivity index (χ4v) is 4.51. The number of fused-ring (bicyclic) bond motifs is 3. The second kappa shape index (κ2) is 8.69. The highest BCUT2D eigenvalue weighted by Crippen LogP contribution is 2.35. The SMILES string of the molecule is CC(=O)Nc1ccccc1Cn1c2cc(-c3ccc(Cl)cc3)c[c]c2c2c(C(N)=O)cccc21. The van der Waals surface area contributed by atoms with Crippen LogP contribution in [-0.4, -0.2) is 16.4 Å². The summed E-state index contributed by atoms with van der Waals surface area (Å²) in [6.45, 7) is 1.97. The van der Waals surface area contributed by atoms with Crippen molar-refractivity contribution in [2.75, 3.05) is 5.32 Å². The van der Waals surface area contributed by atoms with E-state index < -0.39 is 5.91 Å². The van der Waals surface area contributed by atoms with Crippen LogP contribution in [0.4, 0.5) is 5.69 Å². The molecule has 0 aliphatic heterocycles. The lowest BCUT2D eigenvalue weighted by Gasteiger charge is -2.13. The molecule has 2 amide bonds. The molecule has 6 heteroatoms. The smallest absolute Gasteiger partial charge is 0.249 e. The van der Waals surface area contributed by atoms with Crippen molar-refractivity contribution >= 4 is 50.9 Å². The highest BCUT2D eigenvalue weighted by molar-refractivity contribution is 6.30. The molecule has 0 aliphatic carbocycles. The van der Waals surface area contributed by atoms with E-state index in [1.807, 2.05) is 66.7 Å². The summed E-state index contributed by atoms with van der Waals surface area (Å²) in [6, 6.07) is 28.2. The molecular weight excluding hydrogens is 446 g/mol. The number of halogens is 1. The average molecular weight is 467 g/mol. The number of carbonyl (C=O) groups excluding carboxylic acids is 2. The Balaban J connectivity index is 1.77. The number of nitrogens with two attached hydrogens (primary N) is 1. The molecule has 0 spiro atoms. The van der Waals surface area contributed by atoms with Crippen LogP contribution in [0.5, 0.6) is 0 Å². The lowest BCUT2D eigenvalue weighted by Crippen LogP contribution is -2.11. The molecule has 0 saturated carbocycles. The van der Waals surface area contributed by atoms with Crippen LogP contribution >= 0.6 is 11.6 Å². The van der Waals surface area contributed by atoms with Crippen molar-refractivity contribution in [1.29, 1.82) is 0 Å². The van der Waals surface area contributed by atoms with Gasteiger partial charge in [0.2, 0.25) is 11.8 Å². The van der Waals surface area contributed by atoms with E-state index in [9.17, 15) is 9.59 Å². The van der Waals surface area contributed by atoms with E-state index in [0.717, 1.165) is 44.2 Å². The van der Waals surface area contributed by atoms with Gasteiger partial charge < -0.3 is 15.6 Å². The van der Waals surface area contributed by atoms with Crippen LogP contribution < -0.4 is 11.1 Å². The first-order valence-corrected chi connectivity index (χ1v) is 11.2. The minimum Gasteiger partial charge on any atom is -0.366 e. The van der Waals surface area contributed by atoms with Gasteiger partial charge in [0.25, 0.3) is 0 Å². The largest absolute Gasteiger partial charge is 0.366 e. The summed E-state index contributed by atoms with van der Waals surface area (Å²) in [5.74, 6) is -0.623. The van der Waals surface area contributed by atoms with Gasteiger partial charge in [-0.15, -0.1) is 0 Å². The van der Waals surface area contributed by atoms with Crippen LogP contribution in [0.2, 0.25) is 5.02 Å². The Morgan fingerprint density at radius 1 is 0.971 bits per heavy atom. The fourth-order valence-electron chi connectivity index (χ4n) is 4.38. The molecule has 0 aliphatic rings. The number of hydrogen-bond donors (Lipinski definition) is 2. The first kappa shape index (κ1) is 21.7. The van der Waals surface area contributed by atoms with Crippen molar-refractivity contribution in [1.82, 2.24) is 4.57 Å². The first-order chi connectivity index (χ1) is 16.4. The van der Waals surface area contributed by atoms with Gasteiger partial charge in [0, 0.05) is 34.0 Å². The zero-order chi connectivity index (χ0) is 23.8. The number of rotatable bonds is 5. The zero-order valence-electron chi connectivity index (χ0n) is 18.4. The van der Waals surface area contributed by atoms with E-state index in [4.69, 9.17) is 17.3 Å². The highest BCUT2D eigenvalue weighted by Gasteiger charge is 2.18. The van der Waals surface area contributed by atoms with Crippen molar-refractivity contribution in [2.24, 2.45) is 5.73 Å². The third kappa shape index (κ3) is 3.91. The Kier molecular flexibility index (Phi) is 5.56. The predicted octanol–water partition coefficient (Wildman–Crippen LogP) is 6.02. The topological polar surface area (TPSA) is 77.1 Å². The summed E-state index contributed by atoms with van der Waals surface area (Å²) >= 11 is 6.08. The summed E-state index contributed by atoms with van der Waals surface area (Å²) in [4.78, 5) is 24.0. The van der Waals surface area contributed by atoms with Gasteiger partial charge in [0.15, 0.2) is 0 Å². The number of benzene rings is 4. The molecule has 5 aromatic rings. The molecule has 34 heavy (non-hydrogen) atoms. The Bertz CT molecular complexity index is 1570. The summed E-state index contributed by atoms with van der Waals surface area (Å²) in [7, 11) is 0. The van der Waals surface area contributed by atoms with Gasteiger partial charge in [-0.1, -0.05) is 48.0 Å². The van der Waals surface area contributed by atoms with Crippen LogP contribution in [-0.2, 0) is 11.3 Å². The highest BCUT2D eigenvalue weighted by atomic mass is 35.5. The second-order valence-electron chi connectivity index (χ2n) is 8.14. The molecule has 5 nitrogen and oxygen atoms in total. The van der Waals surface area contributed by atoms with E-state index in [-0.39, 0.29) is 5.91 Å². The lowest BCUT2D eigenvalue weighted by molar-refractivity contribution is -0.114. The van der Waals surface area contributed by atoms with Crippen molar-refractivity contribution in [2.45, 2.75) is 13.5 Å². The number of primary amides is 1. The van der Waals surface area contributed by atoms with Crippen LogP contribution in [0.15, 0.2) is 78.9 Å². The van der Waals surface area contributed by atoms with Gasteiger partial charge >= 0.3 is 0 Å². The van der Waals surface area contributed by atoms with Gasteiger partial charge in [-0.25, -0.2) is 0 Å². The van der Waals surface area contributed by atoms with Crippen molar-refractivity contribution in [3.05, 3.63) is 101 Å². The lowest BCUT2D eigenvalue weighted by atomic mass is 10.0. The molecular formula is C28H21ClN3O2. The van der Waals surface area contributed by atoms with Crippen LogP contribution in [0.1, 0.15) is 22.8 Å². The number of anilines is 1. The predicted molar refractivity (Wildman–Crippen MR) is 137 cm³/mol. The van der Waals surface area contributed by atoms with Gasteiger partial charge in [-0.2, -0.15) is 0 Å². The van der Waals surface area contributed by atoms with Crippen LogP contribution in [0, 0.1) is 6.07 Å². The second-order valence-corrected chi connectivity index (χ2v) is 8.58. The van der Waals surface area contributed by atoms with Crippen molar-refractivity contribution in [3.63, 3.8) is 0 Å². The molecule has 0 saturated heterocycles. The number of para-hydroxylation sites is 1. The van der Waals surface area contributed by atoms with E-state index in [0.29, 0.717) is 17.1 Å². The van der Waals surface area contributed by atoms with Gasteiger partial charge in [-0.3, -0.25) is 9.59 Å². The Morgan fingerprint density at radius 2 is 1.74 bits per heavy atom. The third-order valence-electron chi connectivity index (χ3n) is 5.89. The summed E-state index contributed by atoms with van der Waals surface area (Å²) in [5, 5.41) is 5.16. The summed E-state index contributed by atoms with van der Waals surface area (Å²) < 4.78 is 2.13. The molecule has 0 atom stereocenters. The van der Waals surface area contributed by atoms with Gasteiger partial charge in [-0.05, 0) is 65.2 Å². The minimum atomic E-state index is -0.488.